The molecule has 26 heavy (non-hydrogen) atoms. The van der Waals surface area contributed by atoms with Crippen LogP contribution in [0.2, 0.25) is 0 Å². The number of hydrogen-bond donors (Lipinski definition) is 0. The average molecular weight is 365 g/mol. The van der Waals surface area contributed by atoms with Gasteiger partial charge in [0.25, 0.3) is 5.69 Å². The van der Waals surface area contributed by atoms with Crippen molar-refractivity contribution in [3.05, 3.63) is 48.2 Å². The Morgan fingerprint density at radius 2 is 1.81 bits per heavy atom. The number of non-ortho nitro benzene ring substituents is 1. The van der Waals surface area contributed by atoms with Crippen molar-refractivity contribution in [1.82, 2.24) is 0 Å². The predicted molar refractivity (Wildman–Crippen MR) is 93.3 cm³/mol. The summed E-state index contributed by atoms with van der Waals surface area (Å²) in [6, 6.07) is 5.06. The smallest absolute Gasteiger partial charge is 0.462 e. The van der Waals surface area contributed by atoms with E-state index in [0.29, 0.717) is 12.8 Å². The van der Waals surface area contributed by atoms with Crippen LogP contribution in [0.1, 0.15) is 39.0 Å². The fraction of sp³-hybridized carbons (Fsp3) is 0.444. The van der Waals surface area contributed by atoms with Crippen LogP contribution in [0.5, 0.6) is 5.75 Å². The second kappa shape index (κ2) is 11.1. The molecule has 0 aromatic heterocycles. The van der Waals surface area contributed by atoms with E-state index in [-0.39, 0.29) is 17.9 Å². The van der Waals surface area contributed by atoms with E-state index in [2.05, 4.69) is 13.8 Å². The Morgan fingerprint density at radius 3 is 2.35 bits per heavy atom. The second-order valence-corrected chi connectivity index (χ2v) is 5.64. The minimum absolute atomic E-state index is 0.0702. The first-order valence-corrected chi connectivity index (χ1v) is 8.30. The zero-order valence-corrected chi connectivity index (χ0v) is 14.7. The summed E-state index contributed by atoms with van der Waals surface area (Å²) in [5.74, 6) is -0.333. The number of rotatable bonds is 10. The SMILES string of the molecule is [CH2]C([CH2])OC(=O)CCC(CCCC)OC(=O)Oc1ccc([N+](=O)[O-])cc1. The van der Waals surface area contributed by atoms with Gasteiger partial charge in [-0.1, -0.05) is 19.8 Å². The van der Waals surface area contributed by atoms with Gasteiger partial charge in [0.15, 0.2) is 0 Å². The average Bonchev–Trinajstić information content (AvgIpc) is 2.57. The number of nitro benzene ring substituents is 1. The van der Waals surface area contributed by atoms with Crippen molar-refractivity contribution in [2.75, 3.05) is 0 Å². The van der Waals surface area contributed by atoms with Gasteiger partial charge in [-0.15, -0.1) is 0 Å². The van der Waals surface area contributed by atoms with E-state index in [4.69, 9.17) is 14.2 Å². The highest BCUT2D eigenvalue weighted by atomic mass is 16.7. The highest BCUT2D eigenvalue weighted by molar-refractivity contribution is 5.70. The van der Waals surface area contributed by atoms with Crippen molar-refractivity contribution >= 4 is 17.8 Å². The Balaban J connectivity index is 2.55. The summed E-state index contributed by atoms with van der Waals surface area (Å²) in [6.45, 7) is 8.93. The number of ether oxygens (including phenoxy) is 3. The lowest BCUT2D eigenvalue weighted by atomic mass is 10.1. The predicted octanol–water partition coefficient (Wildman–Crippen LogP) is 4.03. The molecule has 1 rings (SSSR count). The number of esters is 1. The molecule has 0 saturated carbocycles. The van der Waals surface area contributed by atoms with E-state index in [1.165, 1.54) is 24.3 Å². The van der Waals surface area contributed by atoms with Gasteiger partial charge < -0.3 is 14.2 Å². The molecule has 2 radical (unpaired) electrons. The highest BCUT2D eigenvalue weighted by Gasteiger charge is 2.19. The molecule has 0 spiro atoms. The Hall–Kier alpha value is -2.64. The van der Waals surface area contributed by atoms with Crippen molar-refractivity contribution in [3.8, 4) is 5.75 Å². The van der Waals surface area contributed by atoms with Crippen LogP contribution >= 0.6 is 0 Å². The normalized spacial score (nSPS) is 11.7. The van der Waals surface area contributed by atoms with E-state index < -0.39 is 29.3 Å². The molecule has 1 unspecified atom stereocenters. The number of carbonyl (C=O) groups is 2. The summed E-state index contributed by atoms with van der Waals surface area (Å²) < 4.78 is 15.1. The fourth-order valence-electron chi connectivity index (χ4n) is 2.11. The maximum atomic E-state index is 11.9. The zero-order chi connectivity index (χ0) is 19.5. The summed E-state index contributed by atoms with van der Waals surface area (Å²) in [5.41, 5.74) is -0.112. The van der Waals surface area contributed by atoms with E-state index in [0.717, 1.165) is 12.8 Å². The number of nitro groups is 1. The number of hydrogen-bond acceptors (Lipinski definition) is 7. The van der Waals surface area contributed by atoms with Gasteiger partial charge in [0.2, 0.25) is 0 Å². The summed E-state index contributed by atoms with van der Waals surface area (Å²) in [7, 11) is 0. The molecule has 8 nitrogen and oxygen atoms in total. The molecular weight excluding hydrogens is 342 g/mol. The van der Waals surface area contributed by atoms with Crippen molar-refractivity contribution in [2.24, 2.45) is 0 Å². The number of carbonyl (C=O) groups excluding carboxylic acids is 2. The first kappa shape index (κ1) is 21.4. The minimum Gasteiger partial charge on any atom is -0.462 e. The van der Waals surface area contributed by atoms with E-state index in [1.807, 2.05) is 6.92 Å². The van der Waals surface area contributed by atoms with Gasteiger partial charge in [0.1, 0.15) is 18.0 Å². The minimum atomic E-state index is -0.930. The Bertz CT molecular complexity index is 598. The molecule has 8 heteroatoms. The summed E-state index contributed by atoms with van der Waals surface area (Å²) in [6.07, 6.45) is 0.546. The van der Waals surface area contributed by atoms with Crippen LogP contribution in [0.4, 0.5) is 10.5 Å². The van der Waals surface area contributed by atoms with Gasteiger partial charge in [-0.05, 0) is 38.8 Å². The van der Waals surface area contributed by atoms with E-state index in [9.17, 15) is 19.7 Å². The third-order valence-corrected chi connectivity index (χ3v) is 3.36. The van der Waals surface area contributed by atoms with Gasteiger partial charge in [0, 0.05) is 18.6 Å². The molecule has 0 amide bonds. The Kier molecular flexibility index (Phi) is 9.11. The first-order valence-electron chi connectivity index (χ1n) is 8.30. The van der Waals surface area contributed by atoms with Crippen LogP contribution in [0.25, 0.3) is 0 Å². The molecule has 0 saturated heterocycles. The first-order chi connectivity index (χ1) is 12.3. The maximum absolute atomic E-state index is 11.9. The van der Waals surface area contributed by atoms with Gasteiger partial charge in [-0.3, -0.25) is 14.9 Å². The Morgan fingerprint density at radius 1 is 1.15 bits per heavy atom. The molecule has 0 heterocycles. The van der Waals surface area contributed by atoms with E-state index >= 15 is 0 Å². The van der Waals surface area contributed by atoms with Crippen molar-refractivity contribution in [3.63, 3.8) is 0 Å². The second-order valence-electron chi connectivity index (χ2n) is 5.64. The molecular formula is C18H23NO7. The molecule has 0 fully saturated rings. The number of unbranched alkanes of at least 4 members (excludes halogenated alkanes) is 1. The van der Waals surface area contributed by atoms with Crippen molar-refractivity contribution < 1.29 is 28.7 Å². The van der Waals surface area contributed by atoms with Gasteiger partial charge in [0.05, 0.1) is 4.92 Å². The maximum Gasteiger partial charge on any atom is 0.514 e. The number of nitrogens with zero attached hydrogens (tertiary/aromatic N) is 1. The number of benzene rings is 1. The standard InChI is InChI=1S/C18H23NO7/c1-4-5-6-15(11-12-17(20)24-13(2)3)25-18(21)26-16-9-7-14(8-10-16)19(22)23/h7-10,13,15H,2-6,11-12H2,1H3. The van der Waals surface area contributed by atoms with Crippen LogP contribution in [-0.2, 0) is 14.3 Å². The molecule has 1 aromatic rings. The van der Waals surface area contributed by atoms with Gasteiger partial charge in [-0.25, -0.2) is 4.79 Å². The lowest BCUT2D eigenvalue weighted by Crippen LogP contribution is -2.23. The van der Waals surface area contributed by atoms with Gasteiger partial charge >= 0.3 is 12.1 Å². The van der Waals surface area contributed by atoms with Crippen LogP contribution in [0.3, 0.4) is 0 Å². The lowest BCUT2D eigenvalue weighted by molar-refractivity contribution is -0.384. The molecule has 0 aliphatic heterocycles. The summed E-state index contributed by atoms with van der Waals surface area (Å²) in [5, 5.41) is 10.6. The van der Waals surface area contributed by atoms with Crippen molar-refractivity contribution in [2.45, 2.75) is 51.2 Å². The molecule has 0 aliphatic carbocycles. The molecule has 0 bridgehead atoms. The third kappa shape index (κ3) is 8.46. The third-order valence-electron chi connectivity index (χ3n) is 3.36. The fourth-order valence-corrected chi connectivity index (χ4v) is 2.11. The lowest BCUT2D eigenvalue weighted by Gasteiger charge is -2.17. The monoisotopic (exact) mass is 365 g/mol. The highest BCUT2D eigenvalue weighted by Crippen LogP contribution is 2.19. The van der Waals surface area contributed by atoms with Crippen molar-refractivity contribution in [1.29, 1.82) is 0 Å². The molecule has 1 aromatic carbocycles. The van der Waals surface area contributed by atoms with Crippen LogP contribution in [0.15, 0.2) is 24.3 Å². The van der Waals surface area contributed by atoms with E-state index in [1.54, 1.807) is 0 Å². The molecule has 0 aliphatic rings. The topological polar surface area (TPSA) is 105 Å². The largest absolute Gasteiger partial charge is 0.514 e. The molecule has 1 atom stereocenters. The van der Waals surface area contributed by atoms with Crippen LogP contribution in [-0.4, -0.2) is 29.3 Å². The van der Waals surface area contributed by atoms with Crippen LogP contribution in [0, 0.1) is 24.0 Å². The molecule has 0 N–H and O–H groups in total. The molecule has 142 valence electrons. The summed E-state index contributed by atoms with van der Waals surface area (Å²) >= 11 is 0. The zero-order valence-electron chi connectivity index (χ0n) is 14.7. The van der Waals surface area contributed by atoms with Gasteiger partial charge in [-0.2, -0.15) is 0 Å². The summed E-state index contributed by atoms with van der Waals surface area (Å²) in [4.78, 5) is 33.5. The quantitative estimate of drug-likeness (QED) is 0.267. The Labute approximate surface area is 152 Å². The van der Waals surface area contributed by atoms with Crippen LogP contribution < -0.4 is 4.74 Å².